The van der Waals surface area contributed by atoms with Crippen LogP contribution in [-0.2, 0) is 4.79 Å². The molecule has 2 aliphatic rings. The average molecular weight is 257 g/mol. The van der Waals surface area contributed by atoms with Crippen LogP contribution in [-0.4, -0.2) is 76.9 Å². The number of carboxylic acids is 1. The first-order chi connectivity index (χ1) is 8.59. The van der Waals surface area contributed by atoms with Gasteiger partial charge in [-0.3, -0.25) is 0 Å². The summed E-state index contributed by atoms with van der Waals surface area (Å²) < 4.78 is 0. The van der Waals surface area contributed by atoms with Crippen molar-refractivity contribution in [2.75, 3.05) is 32.7 Å². The highest BCUT2D eigenvalue weighted by Gasteiger charge is 2.40. The monoisotopic (exact) mass is 257 g/mol. The van der Waals surface area contributed by atoms with Gasteiger partial charge < -0.3 is 25.3 Å². The van der Waals surface area contributed by atoms with Crippen LogP contribution < -0.4 is 5.32 Å². The number of β-amino-alcohol motifs (C(OH)–C–C–N with tert-alkyl or cyclic N) is 1. The van der Waals surface area contributed by atoms with Gasteiger partial charge in [0.05, 0.1) is 6.10 Å². The summed E-state index contributed by atoms with van der Waals surface area (Å²) >= 11 is 0. The molecule has 102 valence electrons. The minimum atomic E-state index is -1.05. The van der Waals surface area contributed by atoms with E-state index in [0.717, 1.165) is 19.5 Å². The van der Waals surface area contributed by atoms with Crippen LogP contribution >= 0.6 is 0 Å². The van der Waals surface area contributed by atoms with Crippen molar-refractivity contribution in [2.24, 2.45) is 0 Å². The molecule has 2 rings (SSSR count). The highest BCUT2D eigenvalue weighted by molar-refractivity contribution is 5.83. The van der Waals surface area contributed by atoms with E-state index in [4.69, 9.17) is 5.11 Å². The molecule has 2 heterocycles. The topological polar surface area (TPSA) is 93.1 Å². The Kier molecular flexibility index (Phi) is 4.03. The van der Waals surface area contributed by atoms with E-state index in [9.17, 15) is 14.7 Å². The number of carbonyl (C=O) groups excluding carboxylic acids is 1. The van der Waals surface area contributed by atoms with E-state index >= 15 is 0 Å². The Hall–Kier alpha value is -1.34. The summed E-state index contributed by atoms with van der Waals surface area (Å²) in [6.45, 7) is 2.91. The third-order valence-corrected chi connectivity index (χ3v) is 3.42. The van der Waals surface area contributed by atoms with Gasteiger partial charge in [0.1, 0.15) is 6.04 Å². The third-order valence-electron chi connectivity index (χ3n) is 3.42. The van der Waals surface area contributed by atoms with Crippen molar-refractivity contribution in [3.63, 3.8) is 0 Å². The van der Waals surface area contributed by atoms with E-state index in [1.54, 1.807) is 4.90 Å². The van der Waals surface area contributed by atoms with E-state index in [0.29, 0.717) is 13.1 Å². The van der Waals surface area contributed by atoms with E-state index in [1.807, 2.05) is 0 Å². The van der Waals surface area contributed by atoms with Crippen LogP contribution in [0.15, 0.2) is 0 Å². The summed E-state index contributed by atoms with van der Waals surface area (Å²) in [6, 6.07) is -1.17. The van der Waals surface area contributed by atoms with Crippen molar-refractivity contribution < 1.29 is 19.8 Å². The Balaban J connectivity index is 2.04. The molecule has 0 radical (unpaired) electrons. The van der Waals surface area contributed by atoms with Crippen molar-refractivity contribution in [3.8, 4) is 0 Å². The maximum atomic E-state index is 12.3. The SMILES string of the molecule is O=C(O)[C@@H]1CC(O)CN1C(=O)N1CCCNCC1. The van der Waals surface area contributed by atoms with Crippen LogP contribution in [0.1, 0.15) is 12.8 Å². The minimum absolute atomic E-state index is 0.111. The molecule has 0 aliphatic carbocycles. The summed E-state index contributed by atoms with van der Waals surface area (Å²) in [5, 5.41) is 21.8. The van der Waals surface area contributed by atoms with Gasteiger partial charge in [-0.1, -0.05) is 0 Å². The summed E-state index contributed by atoms with van der Waals surface area (Å²) in [5.41, 5.74) is 0. The number of urea groups is 1. The smallest absolute Gasteiger partial charge is 0.326 e. The lowest BCUT2D eigenvalue weighted by Crippen LogP contribution is -2.49. The maximum absolute atomic E-state index is 12.3. The average Bonchev–Trinajstić information content (AvgIpc) is 2.56. The summed E-state index contributed by atoms with van der Waals surface area (Å²) in [4.78, 5) is 26.3. The second-order valence-electron chi connectivity index (χ2n) is 4.77. The van der Waals surface area contributed by atoms with Crippen molar-refractivity contribution in [1.82, 2.24) is 15.1 Å². The number of rotatable bonds is 1. The number of nitrogens with zero attached hydrogens (tertiary/aromatic N) is 2. The van der Waals surface area contributed by atoms with Gasteiger partial charge in [-0.2, -0.15) is 0 Å². The molecule has 7 nitrogen and oxygen atoms in total. The molecule has 0 aromatic heterocycles. The molecule has 0 aromatic carbocycles. The molecule has 0 aromatic rings. The van der Waals surface area contributed by atoms with Gasteiger partial charge in [-0.05, 0) is 13.0 Å². The lowest BCUT2D eigenvalue weighted by atomic mass is 10.2. The second-order valence-corrected chi connectivity index (χ2v) is 4.77. The molecule has 0 bridgehead atoms. The Labute approximate surface area is 105 Å². The van der Waals surface area contributed by atoms with Gasteiger partial charge >= 0.3 is 12.0 Å². The molecule has 2 fully saturated rings. The van der Waals surface area contributed by atoms with Crippen LogP contribution in [0.4, 0.5) is 4.79 Å². The number of carboxylic acid groups (broad SMARTS) is 1. The molecule has 3 N–H and O–H groups in total. The third kappa shape index (κ3) is 2.73. The molecule has 2 saturated heterocycles. The van der Waals surface area contributed by atoms with Crippen LogP contribution in [0, 0.1) is 0 Å². The summed E-state index contributed by atoms with van der Waals surface area (Å²) in [5.74, 6) is -1.05. The van der Waals surface area contributed by atoms with Crippen LogP contribution in [0.5, 0.6) is 0 Å². The number of hydrogen-bond donors (Lipinski definition) is 3. The first-order valence-electron chi connectivity index (χ1n) is 6.26. The molecule has 2 amide bonds. The zero-order chi connectivity index (χ0) is 13.1. The molecule has 18 heavy (non-hydrogen) atoms. The van der Waals surface area contributed by atoms with Crippen molar-refractivity contribution in [3.05, 3.63) is 0 Å². The fourth-order valence-electron chi connectivity index (χ4n) is 2.48. The van der Waals surface area contributed by atoms with Crippen LogP contribution in [0.25, 0.3) is 0 Å². The minimum Gasteiger partial charge on any atom is -0.480 e. The highest BCUT2D eigenvalue weighted by atomic mass is 16.4. The zero-order valence-corrected chi connectivity index (χ0v) is 10.2. The predicted molar refractivity (Wildman–Crippen MR) is 63.2 cm³/mol. The fourth-order valence-corrected chi connectivity index (χ4v) is 2.48. The van der Waals surface area contributed by atoms with Crippen molar-refractivity contribution in [1.29, 1.82) is 0 Å². The van der Waals surface area contributed by atoms with E-state index in [2.05, 4.69) is 5.32 Å². The quantitative estimate of drug-likeness (QED) is 0.556. The molecule has 2 aliphatic heterocycles. The number of amides is 2. The highest BCUT2D eigenvalue weighted by Crippen LogP contribution is 2.20. The molecular weight excluding hydrogens is 238 g/mol. The number of aliphatic hydroxyl groups is 1. The van der Waals surface area contributed by atoms with E-state index in [1.165, 1.54) is 4.90 Å². The Morgan fingerprint density at radius 2 is 2.00 bits per heavy atom. The number of aliphatic carboxylic acids is 1. The maximum Gasteiger partial charge on any atom is 0.326 e. The second kappa shape index (κ2) is 5.53. The lowest BCUT2D eigenvalue weighted by Gasteiger charge is -2.29. The Bertz CT molecular complexity index is 328. The summed E-state index contributed by atoms with van der Waals surface area (Å²) in [7, 11) is 0. The van der Waals surface area contributed by atoms with Gasteiger partial charge in [-0.25, -0.2) is 9.59 Å². The van der Waals surface area contributed by atoms with Gasteiger partial charge in [0.15, 0.2) is 0 Å². The van der Waals surface area contributed by atoms with E-state index in [-0.39, 0.29) is 19.0 Å². The lowest BCUT2D eigenvalue weighted by molar-refractivity contribution is -0.141. The molecule has 7 heteroatoms. The van der Waals surface area contributed by atoms with Crippen LogP contribution in [0.2, 0.25) is 0 Å². The first kappa shape index (κ1) is 13.1. The predicted octanol–water partition coefficient (Wildman–Crippen LogP) is -1.08. The summed E-state index contributed by atoms with van der Waals surface area (Å²) in [6.07, 6.45) is 0.243. The van der Waals surface area contributed by atoms with Crippen LogP contribution in [0.3, 0.4) is 0 Å². The number of aliphatic hydroxyl groups excluding tert-OH is 1. The van der Waals surface area contributed by atoms with Crippen molar-refractivity contribution >= 4 is 12.0 Å². The van der Waals surface area contributed by atoms with Crippen molar-refractivity contribution in [2.45, 2.75) is 25.0 Å². The molecule has 2 atom stereocenters. The Morgan fingerprint density at radius 3 is 2.72 bits per heavy atom. The largest absolute Gasteiger partial charge is 0.480 e. The van der Waals surface area contributed by atoms with Gasteiger partial charge in [0, 0.05) is 32.6 Å². The Morgan fingerprint density at radius 1 is 1.22 bits per heavy atom. The normalized spacial score (nSPS) is 29.2. The van der Waals surface area contributed by atoms with E-state index < -0.39 is 18.1 Å². The molecule has 0 saturated carbocycles. The fraction of sp³-hybridized carbons (Fsp3) is 0.818. The van der Waals surface area contributed by atoms with Gasteiger partial charge in [-0.15, -0.1) is 0 Å². The molecule has 0 spiro atoms. The number of hydrogen-bond acceptors (Lipinski definition) is 4. The molecule has 1 unspecified atom stereocenters. The zero-order valence-electron chi connectivity index (χ0n) is 10.2. The van der Waals surface area contributed by atoms with Gasteiger partial charge in [0.25, 0.3) is 0 Å². The standard InChI is InChI=1S/C11H19N3O4/c15-8-6-9(10(16)17)14(7-8)11(18)13-4-1-2-12-3-5-13/h8-9,12,15H,1-7H2,(H,16,17)/t8?,9-/m0/s1. The first-order valence-corrected chi connectivity index (χ1v) is 6.26. The number of carbonyl (C=O) groups is 2. The van der Waals surface area contributed by atoms with Gasteiger partial charge in [0.2, 0.25) is 0 Å². The number of nitrogens with one attached hydrogen (secondary N) is 1. The number of likely N-dealkylation sites (tertiary alicyclic amines) is 1. The molecular formula is C11H19N3O4.